The number of anilines is 1. The Balaban J connectivity index is 2.02. The third-order valence-corrected chi connectivity index (χ3v) is 3.92. The van der Waals surface area contributed by atoms with Gasteiger partial charge in [-0.15, -0.1) is 0 Å². The number of halogens is 2. The van der Waals surface area contributed by atoms with Gasteiger partial charge in [-0.3, -0.25) is 9.89 Å². The molecule has 0 aliphatic heterocycles. The van der Waals surface area contributed by atoms with Gasteiger partial charge in [-0.2, -0.15) is 5.10 Å². The molecule has 0 radical (unpaired) electrons. The normalized spacial score (nSPS) is 10.6. The maximum absolute atomic E-state index is 13.4. The van der Waals surface area contributed by atoms with Crippen LogP contribution in [0.3, 0.4) is 0 Å². The fourth-order valence-electron chi connectivity index (χ4n) is 2.67. The number of benzene rings is 2. The highest BCUT2D eigenvalue weighted by atomic mass is 19.1. The molecule has 0 unspecified atom stereocenters. The van der Waals surface area contributed by atoms with Gasteiger partial charge in [0.1, 0.15) is 23.1 Å². The molecule has 26 heavy (non-hydrogen) atoms. The number of ether oxygens (including phenoxy) is 1. The van der Waals surface area contributed by atoms with E-state index in [2.05, 4.69) is 15.5 Å². The summed E-state index contributed by atoms with van der Waals surface area (Å²) >= 11 is 0. The lowest BCUT2D eigenvalue weighted by Gasteiger charge is -2.10. The summed E-state index contributed by atoms with van der Waals surface area (Å²) in [7, 11) is 1.54. The Hall–Kier alpha value is -3.22. The van der Waals surface area contributed by atoms with E-state index in [0.29, 0.717) is 40.9 Å². The Morgan fingerprint density at radius 2 is 1.88 bits per heavy atom. The van der Waals surface area contributed by atoms with Crippen LogP contribution in [0.2, 0.25) is 0 Å². The maximum atomic E-state index is 13.4. The van der Waals surface area contributed by atoms with E-state index in [1.165, 1.54) is 0 Å². The van der Waals surface area contributed by atoms with Crippen molar-refractivity contribution in [1.29, 1.82) is 0 Å². The third kappa shape index (κ3) is 3.42. The van der Waals surface area contributed by atoms with Gasteiger partial charge in [-0.25, -0.2) is 8.78 Å². The average molecular weight is 357 g/mol. The van der Waals surface area contributed by atoms with Gasteiger partial charge in [-0.1, -0.05) is 19.1 Å². The van der Waals surface area contributed by atoms with Crippen LogP contribution in [0.4, 0.5) is 14.5 Å². The number of amides is 1. The fraction of sp³-hybridized carbons (Fsp3) is 0.158. The lowest BCUT2D eigenvalue weighted by Crippen LogP contribution is -2.14. The number of rotatable bonds is 5. The minimum Gasteiger partial charge on any atom is -0.496 e. The average Bonchev–Trinajstić information content (AvgIpc) is 3.03. The van der Waals surface area contributed by atoms with Crippen molar-refractivity contribution in [3.05, 3.63) is 65.4 Å². The molecule has 1 aromatic heterocycles. The van der Waals surface area contributed by atoms with E-state index in [9.17, 15) is 13.6 Å². The molecule has 0 atom stereocenters. The predicted molar refractivity (Wildman–Crippen MR) is 94.3 cm³/mol. The SMILES string of the molecule is CCc1[nH]nc(-c2ccccc2OC)c1NC(=O)c1cc(F)cc(F)c1. The molecule has 3 aromatic rings. The van der Waals surface area contributed by atoms with Crippen LogP contribution >= 0.6 is 0 Å². The summed E-state index contributed by atoms with van der Waals surface area (Å²) in [6.07, 6.45) is 0.579. The highest BCUT2D eigenvalue weighted by Crippen LogP contribution is 2.35. The van der Waals surface area contributed by atoms with E-state index in [1.54, 1.807) is 13.2 Å². The molecule has 134 valence electrons. The van der Waals surface area contributed by atoms with Crippen molar-refractivity contribution in [3.63, 3.8) is 0 Å². The number of nitrogens with one attached hydrogen (secondary N) is 2. The van der Waals surface area contributed by atoms with E-state index in [1.807, 2.05) is 25.1 Å². The zero-order valence-electron chi connectivity index (χ0n) is 14.3. The van der Waals surface area contributed by atoms with E-state index in [0.717, 1.165) is 12.1 Å². The molecule has 0 saturated carbocycles. The molecule has 3 rings (SSSR count). The predicted octanol–water partition coefficient (Wildman–Crippen LogP) is 4.18. The summed E-state index contributed by atoms with van der Waals surface area (Å²) in [5.74, 6) is -1.67. The summed E-state index contributed by atoms with van der Waals surface area (Å²) in [5.41, 5.74) is 2.20. The number of nitrogens with zero attached hydrogens (tertiary/aromatic N) is 1. The molecule has 0 spiro atoms. The molecule has 0 aliphatic carbocycles. The summed E-state index contributed by atoms with van der Waals surface area (Å²) in [6.45, 7) is 1.90. The van der Waals surface area contributed by atoms with Gasteiger partial charge < -0.3 is 10.1 Å². The lowest BCUT2D eigenvalue weighted by molar-refractivity contribution is 0.102. The molecular formula is C19H17F2N3O2. The number of carbonyl (C=O) groups is 1. The van der Waals surface area contributed by atoms with Crippen LogP contribution in [-0.2, 0) is 6.42 Å². The molecule has 7 heteroatoms. The van der Waals surface area contributed by atoms with Crippen molar-refractivity contribution < 1.29 is 18.3 Å². The largest absolute Gasteiger partial charge is 0.496 e. The molecule has 0 bridgehead atoms. The first-order valence-electron chi connectivity index (χ1n) is 8.01. The molecule has 0 fully saturated rings. The molecule has 1 amide bonds. The quantitative estimate of drug-likeness (QED) is 0.720. The van der Waals surface area contributed by atoms with Crippen LogP contribution in [0.15, 0.2) is 42.5 Å². The number of aromatic amines is 1. The summed E-state index contributed by atoms with van der Waals surface area (Å²) in [4.78, 5) is 12.5. The minimum absolute atomic E-state index is 0.114. The highest BCUT2D eigenvalue weighted by molar-refractivity contribution is 6.06. The first-order valence-corrected chi connectivity index (χ1v) is 8.01. The van der Waals surface area contributed by atoms with Gasteiger partial charge in [0.05, 0.1) is 18.5 Å². The van der Waals surface area contributed by atoms with Crippen molar-refractivity contribution in [2.75, 3.05) is 12.4 Å². The molecule has 2 aromatic carbocycles. The Morgan fingerprint density at radius 3 is 2.54 bits per heavy atom. The Morgan fingerprint density at radius 1 is 1.19 bits per heavy atom. The van der Waals surface area contributed by atoms with Crippen molar-refractivity contribution in [1.82, 2.24) is 10.2 Å². The van der Waals surface area contributed by atoms with Crippen molar-refractivity contribution in [2.45, 2.75) is 13.3 Å². The van der Waals surface area contributed by atoms with Gasteiger partial charge in [0.25, 0.3) is 5.91 Å². The van der Waals surface area contributed by atoms with E-state index >= 15 is 0 Å². The Kier molecular flexibility index (Phi) is 4.97. The van der Waals surface area contributed by atoms with Gasteiger partial charge in [-0.05, 0) is 30.7 Å². The highest BCUT2D eigenvalue weighted by Gasteiger charge is 2.20. The second-order valence-electron chi connectivity index (χ2n) is 5.59. The fourth-order valence-corrected chi connectivity index (χ4v) is 2.67. The molecule has 0 aliphatic rings. The zero-order valence-corrected chi connectivity index (χ0v) is 14.3. The Labute approximate surface area is 149 Å². The second kappa shape index (κ2) is 7.35. The van der Waals surface area contributed by atoms with Crippen LogP contribution in [0, 0.1) is 11.6 Å². The Bertz CT molecular complexity index is 933. The summed E-state index contributed by atoms with van der Waals surface area (Å²) in [5, 5.41) is 9.87. The van der Waals surface area contributed by atoms with Crippen molar-refractivity contribution >= 4 is 11.6 Å². The standard InChI is InChI=1S/C19H17F2N3O2/c1-3-15-18(22-19(25)11-8-12(20)10-13(21)9-11)17(24-23-15)14-6-4-5-7-16(14)26-2/h4-10H,3H2,1-2H3,(H,22,25)(H,23,24). The number of carbonyl (C=O) groups excluding carboxylic acids is 1. The van der Waals surface area contributed by atoms with Crippen LogP contribution in [0.25, 0.3) is 11.3 Å². The van der Waals surface area contributed by atoms with Gasteiger partial charge in [0, 0.05) is 17.2 Å². The molecule has 1 heterocycles. The van der Waals surface area contributed by atoms with Crippen molar-refractivity contribution in [2.24, 2.45) is 0 Å². The number of para-hydroxylation sites is 1. The number of aryl methyl sites for hydroxylation is 1. The van der Waals surface area contributed by atoms with E-state index in [-0.39, 0.29) is 5.56 Å². The molecule has 5 nitrogen and oxygen atoms in total. The van der Waals surface area contributed by atoms with Crippen LogP contribution in [0.5, 0.6) is 5.75 Å². The second-order valence-corrected chi connectivity index (χ2v) is 5.59. The molecule has 2 N–H and O–H groups in total. The third-order valence-electron chi connectivity index (χ3n) is 3.92. The topological polar surface area (TPSA) is 67.0 Å². The lowest BCUT2D eigenvalue weighted by atomic mass is 10.1. The number of H-pyrrole nitrogens is 1. The van der Waals surface area contributed by atoms with Gasteiger partial charge >= 0.3 is 0 Å². The van der Waals surface area contributed by atoms with Gasteiger partial charge in [0.2, 0.25) is 0 Å². The smallest absolute Gasteiger partial charge is 0.255 e. The van der Waals surface area contributed by atoms with Crippen LogP contribution < -0.4 is 10.1 Å². The van der Waals surface area contributed by atoms with Crippen LogP contribution in [0.1, 0.15) is 23.0 Å². The zero-order chi connectivity index (χ0) is 18.7. The maximum Gasteiger partial charge on any atom is 0.255 e. The summed E-state index contributed by atoms with van der Waals surface area (Å²) in [6, 6.07) is 9.91. The van der Waals surface area contributed by atoms with Crippen molar-refractivity contribution in [3.8, 4) is 17.0 Å². The number of methoxy groups -OCH3 is 1. The van der Waals surface area contributed by atoms with E-state index < -0.39 is 17.5 Å². The minimum atomic E-state index is -0.817. The number of aromatic nitrogens is 2. The first kappa shape index (κ1) is 17.6. The number of hydrogen-bond donors (Lipinski definition) is 2. The van der Waals surface area contributed by atoms with Gasteiger partial charge in [0.15, 0.2) is 0 Å². The van der Waals surface area contributed by atoms with E-state index in [4.69, 9.17) is 4.74 Å². The summed E-state index contributed by atoms with van der Waals surface area (Å²) < 4.78 is 32.2. The first-order chi connectivity index (χ1) is 12.5. The number of hydrogen-bond acceptors (Lipinski definition) is 3. The monoisotopic (exact) mass is 357 g/mol. The molecular weight excluding hydrogens is 340 g/mol. The molecule has 0 saturated heterocycles. The van der Waals surface area contributed by atoms with Crippen LogP contribution in [-0.4, -0.2) is 23.2 Å².